The first-order valence-electron chi connectivity index (χ1n) is 12.2. The lowest BCUT2D eigenvalue weighted by Crippen LogP contribution is -2.52. The molecular formula is C25H39IN6O. The number of hydrogen-bond acceptors (Lipinski definition) is 3. The van der Waals surface area contributed by atoms with Crippen molar-refractivity contribution in [3.63, 3.8) is 0 Å². The van der Waals surface area contributed by atoms with Gasteiger partial charge in [-0.25, -0.2) is 0 Å². The Labute approximate surface area is 214 Å². The molecule has 3 N–H and O–H groups in total. The van der Waals surface area contributed by atoms with Gasteiger partial charge in [-0.15, -0.1) is 24.0 Å². The van der Waals surface area contributed by atoms with E-state index in [0.717, 1.165) is 71.0 Å². The Bertz CT molecular complexity index is 928. The topological polar surface area (TPSA) is 75.8 Å². The van der Waals surface area contributed by atoms with Crippen LogP contribution >= 0.6 is 24.0 Å². The third-order valence-corrected chi connectivity index (χ3v) is 6.94. The molecule has 2 heterocycles. The number of aromatic amines is 1. The molecule has 0 radical (unpaired) electrons. The zero-order chi connectivity index (χ0) is 22.3. The van der Waals surface area contributed by atoms with Crippen molar-refractivity contribution in [2.24, 2.45) is 10.9 Å². The maximum atomic E-state index is 12.6. The van der Waals surface area contributed by atoms with E-state index in [2.05, 4.69) is 61.7 Å². The van der Waals surface area contributed by atoms with Gasteiger partial charge in [0.25, 0.3) is 0 Å². The second-order valence-electron chi connectivity index (χ2n) is 9.19. The molecule has 0 bridgehead atoms. The van der Waals surface area contributed by atoms with Gasteiger partial charge in [0, 0.05) is 75.9 Å². The highest BCUT2D eigenvalue weighted by Crippen LogP contribution is 2.27. The normalized spacial score (nSPS) is 17.9. The molecule has 0 atom stereocenters. The summed E-state index contributed by atoms with van der Waals surface area (Å²) in [5, 5.41) is 8.15. The molecule has 1 amide bonds. The van der Waals surface area contributed by atoms with Crippen molar-refractivity contribution in [3.05, 3.63) is 35.5 Å². The third kappa shape index (κ3) is 6.85. The molecule has 1 saturated heterocycles. The Morgan fingerprint density at radius 2 is 1.85 bits per heavy atom. The van der Waals surface area contributed by atoms with E-state index >= 15 is 0 Å². The summed E-state index contributed by atoms with van der Waals surface area (Å²) in [5.41, 5.74) is 3.80. The first kappa shape index (κ1) is 25.8. The maximum Gasteiger partial charge on any atom is 0.225 e. The van der Waals surface area contributed by atoms with Gasteiger partial charge in [-0.3, -0.25) is 14.7 Å². The summed E-state index contributed by atoms with van der Waals surface area (Å²) in [5.74, 6) is 1.54. The first-order chi connectivity index (χ1) is 15.6. The van der Waals surface area contributed by atoms with E-state index in [1.54, 1.807) is 0 Å². The number of carbonyl (C=O) groups is 1. The number of rotatable bonds is 7. The number of amides is 1. The van der Waals surface area contributed by atoms with Gasteiger partial charge in [-0.2, -0.15) is 0 Å². The van der Waals surface area contributed by atoms with Crippen molar-refractivity contribution in [1.82, 2.24) is 25.4 Å². The lowest BCUT2D eigenvalue weighted by atomic mass is 10.1. The van der Waals surface area contributed by atoms with E-state index < -0.39 is 0 Å². The molecular weight excluding hydrogens is 527 g/mol. The van der Waals surface area contributed by atoms with Crippen LogP contribution in [-0.4, -0.2) is 79.5 Å². The van der Waals surface area contributed by atoms with Gasteiger partial charge in [-0.05, 0) is 43.4 Å². The molecule has 0 spiro atoms. The smallest absolute Gasteiger partial charge is 0.225 e. The molecule has 2 fully saturated rings. The molecule has 7 nitrogen and oxygen atoms in total. The van der Waals surface area contributed by atoms with E-state index in [4.69, 9.17) is 0 Å². The van der Waals surface area contributed by atoms with Crippen molar-refractivity contribution in [2.45, 2.75) is 39.0 Å². The van der Waals surface area contributed by atoms with Gasteiger partial charge in [0.2, 0.25) is 5.91 Å². The van der Waals surface area contributed by atoms with E-state index in [0.29, 0.717) is 11.8 Å². The summed E-state index contributed by atoms with van der Waals surface area (Å²) in [6.07, 6.45) is 7.68. The van der Waals surface area contributed by atoms with Crippen LogP contribution in [0.4, 0.5) is 0 Å². The quantitative estimate of drug-likeness (QED) is 0.274. The number of aliphatic imine (C=N–C) groups is 1. The Kier molecular flexibility index (Phi) is 9.85. The number of aromatic nitrogens is 1. The Morgan fingerprint density at radius 3 is 2.58 bits per heavy atom. The van der Waals surface area contributed by atoms with Crippen LogP contribution in [0.5, 0.6) is 0 Å². The highest BCUT2D eigenvalue weighted by atomic mass is 127. The number of carbonyl (C=O) groups excluding carboxylic acids is 1. The van der Waals surface area contributed by atoms with Gasteiger partial charge >= 0.3 is 0 Å². The summed E-state index contributed by atoms with van der Waals surface area (Å²) in [6, 6.07) is 6.56. The van der Waals surface area contributed by atoms with Gasteiger partial charge in [0.15, 0.2) is 5.96 Å². The average Bonchev–Trinajstić information content (AvgIpc) is 3.48. The lowest BCUT2D eigenvalue weighted by Gasteiger charge is -2.36. The number of halogens is 1. The summed E-state index contributed by atoms with van der Waals surface area (Å²) in [7, 11) is 1.82. The first-order valence-corrected chi connectivity index (χ1v) is 12.2. The minimum absolute atomic E-state index is 0. The molecule has 1 aromatic heterocycles. The Morgan fingerprint density at radius 1 is 1.12 bits per heavy atom. The highest BCUT2D eigenvalue weighted by Gasteiger charge is 2.29. The molecule has 0 unspecified atom stereocenters. The van der Waals surface area contributed by atoms with Crippen LogP contribution < -0.4 is 10.6 Å². The third-order valence-electron chi connectivity index (χ3n) is 6.94. The number of guanidine groups is 1. The van der Waals surface area contributed by atoms with Crippen molar-refractivity contribution >= 4 is 46.7 Å². The molecule has 33 heavy (non-hydrogen) atoms. The van der Waals surface area contributed by atoms with Crippen LogP contribution in [0, 0.1) is 12.8 Å². The van der Waals surface area contributed by atoms with E-state index in [-0.39, 0.29) is 24.0 Å². The fourth-order valence-corrected chi connectivity index (χ4v) is 5.00. The SMILES string of the molecule is CN=C(NCCc1c[nH]c2cc(C)ccc12)NCCN1CCN(C(=O)C2CCCC2)CC1.I. The molecule has 1 saturated carbocycles. The van der Waals surface area contributed by atoms with Gasteiger partial charge in [0.05, 0.1) is 0 Å². The zero-order valence-corrected chi connectivity index (χ0v) is 22.4. The molecule has 1 aliphatic heterocycles. The number of nitrogens with one attached hydrogen (secondary N) is 3. The van der Waals surface area contributed by atoms with Crippen LogP contribution in [0.25, 0.3) is 10.9 Å². The molecule has 1 aliphatic carbocycles. The number of piperazine rings is 1. The standard InChI is InChI=1S/C25H38N6O.HI/c1-19-7-8-22-21(18-29-23(22)17-19)9-10-27-25(26-2)28-11-12-30-13-15-31(16-14-30)24(32)20-5-3-4-6-20;/h7-8,17-18,20,29H,3-6,9-16H2,1-2H3,(H2,26,27,28);1H. The highest BCUT2D eigenvalue weighted by molar-refractivity contribution is 14.0. The molecule has 2 aliphatic rings. The minimum Gasteiger partial charge on any atom is -0.361 e. The van der Waals surface area contributed by atoms with Crippen molar-refractivity contribution in [2.75, 3.05) is 52.9 Å². The fourth-order valence-electron chi connectivity index (χ4n) is 5.00. The predicted molar refractivity (Wildman–Crippen MR) is 146 cm³/mol. The molecule has 8 heteroatoms. The van der Waals surface area contributed by atoms with Crippen LogP contribution in [0.3, 0.4) is 0 Å². The molecule has 4 rings (SSSR count). The minimum atomic E-state index is 0. The Balaban J connectivity index is 0.00000306. The molecule has 2 aromatic rings. The van der Waals surface area contributed by atoms with Crippen molar-refractivity contribution < 1.29 is 4.79 Å². The number of aryl methyl sites for hydroxylation is 1. The van der Waals surface area contributed by atoms with Gasteiger partial charge < -0.3 is 20.5 Å². The fraction of sp³-hybridized carbons (Fsp3) is 0.600. The number of H-pyrrole nitrogens is 1. The predicted octanol–water partition coefficient (Wildman–Crippen LogP) is 3.14. The zero-order valence-electron chi connectivity index (χ0n) is 20.0. The Hall–Kier alpha value is -1.81. The second-order valence-corrected chi connectivity index (χ2v) is 9.19. The van der Waals surface area contributed by atoms with Gasteiger partial charge in [-0.1, -0.05) is 25.0 Å². The molecule has 1 aromatic carbocycles. The van der Waals surface area contributed by atoms with Gasteiger partial charge in [0.1, 0.15) is 0 Å². The van der Waals surface area contributed by atoms with E-state index in [1.165, 1.54) is 34.9 Å². The summed E-state index contributed by atoms with van der Waals surface area (Å²) < 4.78 is 0. The second kappa shape index (κ2) is 12.6. The number of fused-ring (bicyclic) bond motifs is 1. The maximum absolute atomic E-state index is 12.6. The summed E-state index contributed by atoms with van der Waals surface area (Å²) >= 11 is 0. The largest absolute Gasteiger partial charge is 0.361 e. The lowest BCUT2D eigenvalue weighted by molar-refractivity contribution is -0.137. The number of benzene rings is 1. The van der Waals surface area contributed by atoms with Crippen LogP contribution in [-0.2, 0) is 11.2 Å². The average molecular weight is 567 g/mol. The molecule has 182 valence electrons. The van der Waals surface area contributed by atoms with Crippen LogP contribution in [0.2, 0.25) is 0 Å². The van der Waals surface area contributed by atoms with Crippen molar-refractivity contribution in [3.8, 4) is 0 Å². The number of hydrogen-bond donors (Lipinski definition) is 3. The van der Waals surface area contributed by atoms with Crippen LogP contribution in [0.1, 0.15) is 36.8 Å². The van der Waals surface area contributed by atoms with E-state index in [1.807, 2.05) is 7.05 Å². The van der Waals surface area contributed by atoms with E-state index in [9.17, 15) is 4.79 Å². The summed E-state index contributed by atoms with van der Waals surface area (Å²) in [4.78, 5) is 24.8. The summed E-state index contributed by atoms with van der Waals surface area (Å²) in [6.45, 7) is 8.43. The number of nitrogens with zero attached hydrogens (tertiary/aromatic N) is 3. The van der Waals surface area contributed by atoms with Crippen molar-refractivity contribution in [1.29, 1.82) is 0 Å². The monoisotopic (exact) mass is 566 g/mol. The van der Waals surface area contributed by atoms with Crippen LogP contribution in [0.15, 0.2) is 29.4 Å².